The fraction of sp³-hybridized carbons (Fsp3) is 0.389. The Morgan fingerprint density at radius 3 is 1.23 bits per heavy atom. The molecule has 0 aliphatic carbocycles. The maximum atomic E-state index is 13.3. The summed E-state index contributed by atoms with van der Waals surface area (Å²) in [6, 6.07) is 10.8. The topological polar surface area (TPSA) is 176 Å². The van der Waals surface area contributed by atoms with Crippen LogP contribution in [-0.4, -0.2) is 139 Å². The quantitative estimate of drug-likeness (QED) is 0.178. The highest BCUT2D eigenvalue weighted by Gasteiger charge is 2.20. The molecule has 2 aromatic heterocycles. The van der Waals surface area contributed by atoms with Crippen molar-refractivity contribution in [2.75, 3.05) is 65.8 Å². The Hall–Kier alpha value is -5.70. The zero-order valence-corrected chi connectivity index (χ0v) is 30.7. The molecule has 0 bridgehead atoms. The number of ether oxygens (including phenoxy) is 2. The molecule has 2 amide bonds. The van der Waals surface area contributed by atoms with Crippen molar-refractivity contribution in [3.63, 3.8) is 0 Å². The van der Waals surface area contributed by atoms with Gasteiger partial charge < -0.3 is 29.5 Å². The third-order valence-corrected chi connectivity index (χ3v) is 8.49. The van der Waals surface area contributed by atoms with Crippen molar-refractivity contribution >= 4 is 23.8 Å². The van der Waals surface area contributed by atoms with Crippen molar-refractivity contribution in [1.82, 2.24) is 39.2 Å². The van der Waals surface area contributed by atoms with Crippen LogP contribution in [0.25, 0.3) is 11.4 Å². The van der Waals surface area contributed by atoms with Crippen LogP contribution in [0, 0.1) is 23.3 Å². The fourth-order valence-corrected chi connectivity index (χ4v) is 5.36. The number of carbonyl (C=O) groups excluding carboxylic acids is 2. The van der Waals surface area contributed by atoms with Crippen molar-refractivity contribution in [3.05, 3.63) is 95.6 Å². The van der Waals surface area contributed by atoms with Gasteiger partial charge in [-0.05, 0) is 36.4 Å². The first-order valence-corrected chi connectivity index (χ1v) is 17.3. The van der Waals surface area contributed by atoms with Crippen molar-refractivity contribution < 1.29 is 56.4 Å². The van der Waals surface area contributed by atoms with Crippen LogP contribution in [0.5, 0.6) is 0 Å². The third-order valence-electron chi connectivity index (χ3n) is 8.49. The molecular weight excluding hydrogens is 748 g/mol. The maximum Gasteiger partial charge on any atom is 0.414 e. The minimum absolute atomic E-state index is 0.100. The molecule has 2 aromatic carbocycles. The number of carbonyl (C=O) groups is 4. The molecule has 2 fully saturated rings. The summed E-state index contributed by atoms with van der Waals surface area (Å²) in [5, 5.41) is 23.4. The molecule has 2 aliphatic heterocycles. The molecule has 20 heteroatoms. The number of amides is 2. The predicted octanol–water partition coefficient (Wildman–Crippen LogP) is 2.73. The maximum absolute atomic E-state index is 13.3. The first-order chi connectivity index (χ1) is 26.7. The van der Waals surface area contributed by atoms with Gasteiger partial charge in [0, 0.05) is 90.7 Å². The molecular formula is C36H42F4N8O8. The van der Waals surface area contributed by atoms with Crippen LogP contribution in [0.4, 0.5) is 17.6 Å². The molecule has 2 saturated heterocycles. The lowest BCUT2D eigenvalue weighted by molar-refractivity contribution is -0.159. The molecule has 56 heavy (non-hydrogen) atoms. The van der Waals surface area contributed by atoms with Crippen LogP contribution in [0.3, 0.4) is 0 Å². The number of halogens is 4. The Bertz CT molecular complexity index is 1810. The molecule has 0 atom stereocenters. The van der Waals surface area contributed by atoms with Crippen molar-refractivity contribution in [3.8, 4) is 11.4 Å². The minimum atomic E-state index is -1.82. The van der Waals surface area contributed by atoms with E-state index in [4.69, 9.17) is 29.3 Å². The smallest absolute Gasteiger partial charge is 0.414 e. The van der Waals surface area contributed by atoms with E-state index < -0.39 is 35.2 Å². The summed E-state index contributed by atoms with van der Waals surface area (Å²) in [7, 11) is 0. The number of aliphatic carboxylic acids is 2. The van der Waals surface area contributed by atoms with Gasteiger partial charge in [-0.25, -0.2) is 36.5 Å². The summed E-state index contributed by atoms with van der Waals surface area (Å²) in [5.41, 5.74) is 2.30. The number of aromatic nitrogens is 4. The Morgan fingerprint density at radius 1 is 0.571 bits per heavy atom. The van der Waals surface area contributed by atoms with Crippen LogP contribution in [0.15, 0.2) is 60.9 Å². The second-order valence-corrected chi connectivity index (χ2v) is 12.5. The van der Waals surface area contributed by atoms with Crippen LogP contribution in [0.2, 0.25) is 0 Å². The van der Waals surface area contributed by atoms with E-state index in [0.717, 1.165) is 50.4 Å². The molecule has 0 spiro atoms. The molecule has 0 saturated carbocycles. The zero-order chi connectivity index (χ0) is 40.8. The van der Waals surface area contributed by atoms with E-state index in [-0.39, 0.29) is 11.8 Å². The lowest BCUT2D eigenvalue weighted by Gasteiger charge is -2.33. The first kappa shape index (κ1) is 43.0. The number of carboxylic acid groups (broad SMARTS) is 2. The third kappa shape index (κ3) is 13.3. The van der Waals surface area contributed by atoms with E-state index in [9.17, 15) is 27.2 Å². The number of hydrogen-bond acceptors (Lipinski definition) is 10. The number of carboxylic acids is 2. The van der Waals surface area contributed by atoms with Crippen molar-refractivity contribution in [2.45, 2.75) is 27.1 Å². The van der Waals surface area contributed by atoms with Gasteiger partial charge in [-0.15, -0.1) is 0 Å². The Balaban J connectivity index is 0.000000217. The van der Waals surface area contributed by atoms with Crippen LogP contribution in [-0.2, 0) is 41.9 Å². The molecule has 0 unspecified atom stereocenters. The van der Waals surface area contributed by atoms with E-state index >= 15 is 0 Å². The average Bonchev–Trinajstić information content (AvgIpc) is 3.85. The van der Waals surface area contributed by atoms with E-state index in [2.05, 4.69) is 20.0 Å². The van der Waals surface area contributed by atoms with Crippen molar-refractivity contribution in [1.29, 1.82) is 0 Å². The van der Waals surface area contributed by atoms with Gasteiger partial charge in [0.1, 0.15) is 0 Å². The monoisotopic (exact) mass is 790 g/mol. The van der Waals surface area contributed by atoms with Crippen molar-refractivity contribution in [2.24, 2.45) is 0 Å². The Kier molecular flexibility index (Phi) is 16.0. The highest BCUT2D eigenvalue weighted by atomic mass is 19.2. The fourth-order valence-electron chi connectivity index (χ4n) is 5.36. The second kappa shape index (κ2) is 20.8. The summed E-state index contributed by atoms with van der Waals surface area (Å²) >= 11 is 0. The standard InChI is InChI=1S/2C17H20F2N4O2.C2H2O4/c2*1-13(24)22-8-6-21(7-9-22)12-25-11-14-4-5-23(20-14)15-2-3-16(18)17(19)10-15;3-1(4)2(5)6/h2*2-5,10H,6-9,11-12H2,1H3;(H,3,4)(H,5,6). The zero-order valence-electron chi connectivity index (χ0n) is 30.7. The SMILES string of the molecule is CC(=O)N1CCN(COCc2ccn(-c3ccc(F)c(F)c3)n2)CC1.CC(=O)N1CCN(COCc2ccn(-c3ccc(F)c(F)c3)n2)CC1.O=C(O)C(=O)O. The van der Waals surface area contributed by atoms with Gasteiger partial charge in [-0.1, -0.05) is 0 Å². The predicted molar refractivity (Wildman–Crippen MR) is 189 cm³/mol. The minimum Gasteiger partial charge on any atom is -0.473 e. The molecule has 4 heterocycles. The first-order valence-electron chi connectivity index (χ1n) is 17.3. The summed E-state index contributed by atoms with van der Waals surface area (Å²) in [6.07, 6.45) is 3.36. The molecule has 2 N–H and O–H groups in total. The summed E-state index contributed by atoms with van der Waals surface area (Å²) < 4.78 is 66.8. The number of nitrogens with zero attached hydrogens (tertiary/aromatic N) is 8. The number of piperazine rings is 2. The van der Waals surface area contributed by atoms with E-state index in [1.807, 2.05) is 9.80 Å². The van der Waals surface area contributed by atoms with Gasteiger partial charge in [0.15, 0.2) is 23.3 Å². The molecule has 16 nitrogen and oxygen atoms in total. The van der Waals surface area contributed by atoms with Gasteiger partial charge in [-0.2, -0.15) is 10.2 Å². The number of rotatable bonds is 10. The van der Waals surface area contributed by atoms with Gasteiger partial charge in [-0.3, -0.25) is 19.4 Å². The van der Waals surface area contributed by atoms with E-state index in [0.29, 0.717) is 75.6 Å². The lowest BCUT2D eigenvalue weighted by Crippen LogP contribution is -2.48. The lowest BCUT2D eigenvalue weighted by atomic mass is 10.3. The summed E-state index contributed by atoms with van der Waals surface area (Å²) in [4.78, 5) is 48.7. The van der Waals surface area contributed by atoms with Gasteiger partial charge in [0.05, 0.1) is 49.4 Å². The highest BCUT2D eigenvalue weighted by Crippen LogP contribution is 2.15. The Labute approximate surface area is 319 Å². The highest BCUT2D eigenvalue weighted by molar-refractivity contribution is 6.27. The largest absolute Gasteiger partial charge is 0.473 e. The molecule has 302 valence electrons. The van der Waals surface area contributed by atoms with Gasteiger partial charge >= 0.3 is 11.9 Å². The summed E-state index contributed by atoms with van der Waals surface area (Å²) in [6.45, 7) is 10.7. The molecule has 0 radical (unpaired) electrons. The van der Waals surface area contributed by atoms with Crippen LogP contribution >= 0.6 is 0 Å². The number of benzene rings is 2. The van der Waals surface area contributed by atoms with Gasteiger partial charge in [0.25, 0.3) is 0 Å². The number of hydrogen-bond donors (Lipinski definition) is 2. The van der Waals surface area contributed by atoms with E-state index in [1.54, 1.807) is 38.4 Å². The van der Waals surface area contributed by atoms with Gasteiger partial charge in [0.2, 0.25) is 11.8 Å². The average molecular weight is 791 g/mol. The normalized spacial score (nSPS) is 14.7. The molecule has 4 aromatic rings. The summed E-state index contributed by atoms with van der Waals surface area (Å²) in [5.74, 6) is -7.03. The Morgan fingerprint density at radius 2 is 0.929 bits per heavy atom. The second-order valence-electron chi connectivity index (χ2n) is 12.5. The molecule has 6 rings (SSSR count). The van der Waals surface area contributed by atoms with E-state index in [1.165, 1.54) is 21.5 Å². The van der Waals surface area contributed by atoms with Crippen LogP contribution < -0.4 is 0 Å². The molecule has 2 aliphatic rings. The van der Waals surface area contributed by atoms with Crippen LogP contribution in [0.1, 0.15) is 25.2 Å².